The largest absolute Gasteiger partial charge is 0.310 e. The van der Waals surface area contributed by atoms with E-state index in [9.17, 15) is 0 Å². The molecule has 0 unspecified atom stereocenters. The summed E-state index contributed by atoms with van der Waals surface area (Å²) in [6.07, 6.45) is 3.87. The van der Waals surface area contributed by atoms with Gasteiger partial charge < -0.3 is 9.47 Å². The molecule has 63 heavy (non-hydrogen) atoms. The van der Waals surface area contributed by atoms with Crippen molar-refractivity contribution in [2.24, 2.45) is 0 Å². The van der Waals surface area contributed by atoms with Crippen LogP contribution >= 0.6 is 0 Å². The number of rotatable bonds is 8. The number of para-hydroxylation sites is 4. The second kappa shape index (κ2) is 14.5. The molecule has 0 spiro atoms. The Labute approximate surface area is 363 Å². The Kier molecular flexibility index (Phi) is 8.37. The summed E-state index contributed by atoms with van der Waals surface area (Å²) in [6.45, 7) is 8.47. The molecular weight excluding hydrogens is 769 g/mol. The molecule has 12 rings (SSSR count). The van der Waals surface area contributed by atoms with Crippen LogP contribution in [-0.2, 0) is 0 Å². The molecule has 0 saturated heterocycles. The smallest absolute Gasteiger partial charge is 0.221 e. The van der Waals surface area contributed by atoms with Gasteiger partial charge in [0.05, 0.1) is 27.4 Å². The number of imidazole rings is 2. The first kappa shape index (κ1) is 36.3. The third-order valence-corrected chi connectivity index (χ3v) is 12.3. The monoisotopic (exact) mass is 808 g/mol. The van der Waals surface area contributed by atoms with E-state index in [-0.39, 0.29) is 0 Å². The SMILES string of the molecule is C=C/C=c1\c(=C)c2ccccc2n1-c1ccc(N(c2ccc(-c3ccccc3)cc2)c2ccc3c(c2)nc2n(-c4ccccc4)c4c5ccccc5n(-c5ccccc5)c4n32)cc1. The Balaban J connectivity index is 1.08. The van der Waals surface area contributed by atoms with Gasteiger partial charge in [-0.2, -0.15) is 0 Å². The van der Waals surface area contributed by atoms with E-state index < -0.39 is 0 Å². The number of hydrogen-bond donors (Lipinski definition) is 0. The molecule has 4 aromatic heterocycles. The molecule has 8 aromatic carbocycles. The van der Waals surface area contributed by atoms with Crippen LogP contribution in [0.1, 0.15) is 0 Å². The van der Waals surface area contributed by atoms with Crippen LogP contribution < -0.4 is 15.5 Å². The fraction of sp³-hybridized carbons (Fsp3) is 0. The number of hydrogen-bond acceptors (Lipinski definition) is 2. The van der Waals surface area contributed by atoms with Gasteiger partial charge in [0.15, 0.2) is 5.65 Å². The summed E-state index contributed by atoms with van der Waals surface area (Å²) in [7, 11) is 0. The second-order valence-corrected chi connectivity index (χ2v) is 15.8. The topological polar surface area (TPSA) is 35.3 Å². The zero-order valence-electron chi connectivity index (χ0n) is 34.4. The van der Waals surface area contributed by atoms with Crippen LogP contribution in [-0.4, -0.2) is 23.1 Å². The van der Waals surface area contributed by atoms with Crippen molar-refractivity contribution in [1.29, 1.82) is 0 Å². The zero-order valence-corrected chi connectivity index (χ0v) is 34.4. The molecule has 0 radical (unpaired) electrons. The summed E-state index contributed by atoms with van der Waals surface area (Å²) in [5.74, 6) is 0.854. The molecule has 298 valence electrons. The molecule has 0 aliphatic rings. The summed E-state index contributed by atoms with van der Waals surface area (Å²) in [5.41, 5.74) is 15.0. The van der Waals surface area contributed by atoms with Crippen molar-refractivity contribution in [3.8, 4) is 28.2 Å². The summed E-state index contributed by atoms with van der Waals surface area (Å²) < 4.78 is 9.29. The van der Waals surface area contributed by atoms with Crippen molar-refractivity contribution >= 4 is 79.5 Å². The predicted molar refractivity (Wildman–Crippen MR) is 263 cm³/mol. The lowest BCUT2D eigenvalue weighted by atomic mass is 10.0. The van der Waals surface area contributed by atoms with E-state index >= 15 is 0 Å². The third-order valence-electron chi connectivity index (χ3n) is 12.3. The number of aromatic nitrogens is 5. The van der Waals surface area contributed by atoms with Crippen molar-refractivity contribution in [2.75, 3.05) is 4.90 Å². The molecule has 0 amide bonds. The van der Waals surface area contributed by atoms with Crippen LogP contribution in [0.2, 0.25) is 0 Å². The number of anilines is 3. The Bertz CT molecular complexity index is 3800. The molecule has 0 saturated carbocycles. The third kappa shape index (κ3) is 5.69. The summed E-state index contributed by atoms with van der Waals surface area (Å²) in [6, 6.07) is 73.1. The van der Waals surface area contributed by atoms with Gasteiger partial charge in [0.2, 0.25) is 5.78 Å². The zero-order chi connectivity index (χ0) is 42.0. The lowest BCUT2D eigenvalue weighted by Gasteiger charge is -2.26. The number of nitrogens with zero attached hydrogens (tertiary/aromatic N) is 6. The average Bonchev–Trinajstić information content (AvgIpc) is 4.06. The van der Waals surface area contributed by atoms with Crippen LogP contribution in [0.15, 0.2) is 219 Å². The van der Waals surface area contributed by atoms with Gasteiger partial charge in [0.1, 0.15) is 5.52 Å². The minimum atomic E-state index is 0.854. The lowest BCUT2D eigenvalue weighted by molar-refractivity contribution is 1.07. The molecule has 0 N–H and O–H groups in total. The maximum atomic E-state index is 5.50. The molecular formula is C57H40N6. The average molecular weight is 809 g/mol. The molecule has 12 aromatic rings. The highest BCUT2D eigenvalue weighted by molar-refractivity contribution is 6.10. The maximum Gasteiger partial charge on any atom is 0.221 e. The van der Waals surface area contributed by atoms with E-state index in [4.69, 9.17) is 4.98 Å². The minimum absolute atomic E-state index is 0.854. The van der Waals surface area contributed by atoms with E-state index in [0.29, 0.717) is 0 Å². The standard InChI is InChI=1S/C57H40N6/c1-3-17-51-39(2)48-24-13-15-26-52(48)60(51)46-34-32-45(33-35-46)59(44-30-28-41(29-31-44)40-18-7-4-8-19-40)47-36-37-54-50(38-47)58-57-62(43-22-11-6-12-23-43)55-49-25-14-16-27-53(49)61(56(55)63(54)57)42-20-9-5-10-21-42/h3-38H,1-2H2/b51-17+. The second-order valence-electron chi connectivity index (χ2n) is 15.8. The molecule has 6 nitrogen and oxygen atoms in total. The first-order valence-corrected chi connectivity index (χ1v) is 21.2. The van der Waals surface area contributed by atoms with E-state index in [1.165, 1.54) is 5.56 Å². The van der Waals surface area contributed by atoms with Gasteiger partial charge in [-0.05, 0) is 108 Å². The molecule has 0 aliphatic heterocycles. The van der Waals surface area contributed by atoms with E-state index in [1.807, 2.05) is 12.2 Å². The predicted octanol–water partition coefficient (Wildman–Crippen LogP) is 12.8. The fourth-order valence-corrected chi connectivity index (χ4v) is 9.47. The van der Waals surface area contributed by atoms with Crippen molar-refractivity contribution in [3.63, 3.8) is 0 Å². The van der Waals surface area contributed by atoms with Crippen molar-refractivity contribution in [3.05, 3.63) is 229 Å². The normalized spacial score (nSPS) is 12.0. The van der Waals surface area contributed by atoms with Crippen LogP contribution in [0.3, 0.4) is 0 Å². The van der Waals surface area contributed by atoms with Gasteiger partial charge in [0.25, 0.3) is 0 Å². The Hall–Kier alpha value is -8.61. The highest BCUT2D eigenvalue weighted by Crippen LogP contribution is 2.41. The molecule has 0 bridgehead atoms. The fourth-order valence-electron chi connectivity index (χ4n) is 9.47. The molecule has 4 heterocycles. The van der Waals surface area contributed by atoms with Crippen LogP contribution in [0.4, 0.5) is 17.1 Å². The Morgan fingerprint density at radius 1 is 0.460 bits per heavy atom. The first-order chi connectivity index (χ1) is 31.2. The molecule has 0 fully saturated rings. The molecule has 0 aliphatic carbocycles. The lowest BCUT2D eigenvalue weighted by Crippen LogP contribution is -2.26. The quantitative estimate of drug-likeness (QED) is 0.153. The summed E-state index contributed by atoms with van der Waals surface area (Å²) in [5, 5.41) is 4.29. The van der Waals surface area contributed by atoms with Crippen LogP contribution in [0, 0.1) is 0 Å². The molecule has 6 heteroatoms. The minimum Gasteiger partial charge on any atom is -0.310 e. The van der Waals surface area contributed by atoms with Crippen LogP contribution in [0.25, 0.3) is 90.6 Å². The van der Waals surface area contributed by atoms with Crippen molar-refractivity contribution in [2.45, 2.75) is 0 Å². The number of allylic oxidation sites excluding steroid dienone is 1. The van der Waals surface area contributed by atoms with E-state index in [1.54, 1.807) is 0 Å². The van der Waals surface area contributed by atoms with Gasteiger partial charge in [-0.15, -0.1) is 0 Å². The van der Waals surface area contributed by atoms with Crippen molar-refractivity contribution in [1.82, 2.24) is 23.1 Å². The van der Waals surface area contributed by atoms with Gasteiger partial charge in [-0.1, -0.05) is 134 Å². The Morgan fingerprint density at radius 2 is 0.984 bits per heavy atom. The van der Waals surface area contributed by atoms with Gasteiger partial charge >= 0.3 is 0 Å². The number of fused-ring (bicyclic) bond motifs is 8. The van der Waals surface area contributed by atoms with Gasteiger partial charge in [-0.25, -0.2) is 4.98 Å². The summed E-state index contributed by atoms with van der Waals surface area (Å²) in [4.78, 5) is 7.82. The maximum absolute atomic E-state index is 5.50. The van der Waals surface area contributed by atoms with Gasteiger partial charge in [0, 0.05) is 50.1 Å². The first-order valence-electron chi connectivity index (χ1n) is 21.2. The summed E-state index contributed by atoms with van der Waals surface area (Å²) >= 11 is 0. The molecule has 0 atom stereocenters. The Morgan fingerprint density at radius 3 is 1.65 bits per heavy atom. The van der Waals surface area contributed by atoms with Crippen LogP contribution in [0.5, 0.6) is 0 Å². The number of benzene rings is 8. The van der Waals surface area contributed by atoms with E-state index in [0.717, 1.165) is 100 Å². The highest BCUT2D eigenvalue weighted by atomic mass is 15.3. The highest BCUT2D eigenvalue weighted by Gasteiger charge is 2.26. The van der Waals surface area contributed by atoms with Crippen molar-refractivity contribution < 1.29 is 0 Å². The van der Waals surface area contributed by atoms with E-state index in [2.05, 4.69) is 242 Å². The van der Waals surface area contributed by atoms with Gasteiger partial charge in [-0.3, -0.25) is 13.5 Å².